The molecule has 5 N–H and O–H groups in total. The summed E-state index contributed by atoms with van der Waals surface area (Å²) < 4.78 is 16.7. The average Bonchev–Trinajstić information content (AvgIpc) is 3.23. The Kier molecular flexibility index (Phi) is 7.69. The number of carbonyl (C=O) groups is 1. The molecule has 3 aromatic rings. The number of nitrogens with two attached hydrogens (primary N) is 1. The Hall–Kier alpha value is -2.69. The van der Waals surface area contributed by atoms with E-state index in [1.54, 1.807) is 6.20 Å². The number of halogens is 3. The minimum Gasteiger partial charge on any atom is -0.393 e. The fourth-order valence-electron chi connectivity index (χ4n) is 5.45. The first-order valence-corrected chi connectivity index (χ1v) is 13.4. The van der Waals surface area contributed by atoms with Gasteiger partial charge in [0.15, 0.2) is 5.65 Å². The predicted octanol–water partition coefficient (Wildman–Crippen LogP) is 5.20. The Morgan fingerprint density at radius 2 is 1.89 bits per heavy atom. The molecule has 2 aliphatic rings. The maximum Gasteiger partial charge on any atom is 0.224 e. The molecule has 198 valence electrons. The molecule has 0 unspecified atom stereocenters. The number of anilines is 3. The third-order valence-electron chi connectivity index (χ3n) is 7.53. The first-order chi connectivity index (χ1) is 17.8. The number of nitrogens with one attached hydrogen (secondary N) is 2. The first-order valence-electron chi connectivity index (χ1n) is 12.7. The quantitative estimate of drug-likeness (QED) is 0.318. The lowest BCUT2D eigenvalue weighted by Crippen LogP contribution is -2.30. The van der Waals surface area contributed by atoms with Crippen LogP contribution in [0.3, 0.4) is 0 Å². The highest BCUT2D eigenvalue weighted by Gasteiger charge is 2.30. The van der Waals surface area contributed by atoms with Crippen molar-refractivity contribution in [2.24, 2.45) is 17.6 Å². The molecule has 2 saturated carbocycles. The molecule has 2 fully saturated rings. The predicted molar refractivity (Wildman–Crippen MR) is 142 cm³/mol. The van der Waals surface area contributed by atoms with E-state index in [0.717, 1.165) is 25.7 Å². The van der Waals surface area contributed by atoms with Gasteiger partial charge in [0.1, 0.15) is 11.3 Å². The van der Waals surface area contributed by atoms with Crippen molar-refractivity contribution in [3.05, 3.63) is 34.2 Å². The molecule has 0 spiro atoms. The fraction of sp³-hybridized carbons (Fsp3) is 0.520. The number of imidazole rings is 1. The lowest BCUT2D eigenvalue weighted by molar-refractivity contribution is -0.122. The summed E-state index contributed by atoms with van der Waals surface area (Å²) in [6, 6.07) is 2.60. The average molecular weight is 550 g/mol. The van der Waals surface area contributed by atoms with Crippen molar-refractivity contribution in [2.75, 3.05) is 17.2 Å². The Labute approximate surface area is 224 Å². The number of benzene rings is 1. The highest BCUT2D eigenvalue weighted by Crippen LogP contribution is 2.38. The number of amides is 1. The largest absolute Gasteiger partial charge is 0.393 e. The number of aliphatic hydroxyl groups is 1. The Bertz CT molecular complexity index is 1270. The van der Waals surface area contributed by atoms with Crippen molar-refractivity contribution in [3.8, 4) is 0 Å². The second-order valence-electron chi connectivity index (χ2n) is 9.98. The molecule has 12 heteroatoms. The van der Waals surface area contributed by atoms with E-state index in [4.69, 9.17) is 33.9 Å². The second kappa shape index (κ2) is 11.0. The summed E-state index contributed by atoms with van der Waals surface area (Å²) in [7, 11) is 0. The van der Waals surface area contributed by atoms with E-state index >= 15 is 0 Å². The molecule has 37 heavy (non-hydrogen) atoms. The lowest BCUT2D eigenvalue weighted by Gasteiger charge is -2.29. The molecule has 1 amide bonds. The number of hydrogen-bond acceptors (Lipinski definition) is 7. The Balaban J connectivity index is 1.48. The van der Waals surface area contributed by atoms with Crippen LogP contribution >= 0.6 is 23.2 Å². The first kappa shape index (κ1) is 25.9. The standard InChI is InChI=1S/C25H30Cl2FN7O2/c26-15-9-17(27)21(18(28)10-15)33-25-32-19-12-31-24(30-11-14-3-1-2-4-20(14)36)34-23(19)35(25)16-7-5-13(6-8-16)22(29)37/h9-10,12-14,16,20,36H,1-8,11H2,(H2,29,37)(H,32,33)(H,30,31,34)/t13-,14-,16+,20+/m0/s1. The summed E-state index contributed by atoms with van der Waals surface area (Å²) in [6.07, 6.45) is 7.87. The molecule has 2 aromatic heterocycles. The number of aromatic nitrogens is 4. The minimum absolute atomic E-state index is 0.0415. The van der Waals surface area contributed by atoms with Crippen molar-refractivity contribution in [1.29, 1.82) is 0 Å². The van der Waals surface area contributed by atoms with Gasteiger partial charge in [-0.2, -0.15) is 4.98 Å². The molecule has 0 aliphatic heterocycles. The van der Waals surface area contributed by atoms with Crippen LogP contribution in [0.2, 0.25) is 10.0 Å². The van der Waals surface area contributed by atoms with Crippen LogP contribution in [0, 0.1) is 17.7 Å². The summed E-state index contributed by atoms with van der Waals surface area (Å²) in [4.78, 5) is 25.5. The van der Waals surface area contributed by atoms with Gasteiger partial charge in [-0.05, 0) is 50.7 Å². The van der Waals surface area contributed by atoms with Gasteiger partial charge in [0.2, 0.25) is 17.8 Å². The minimum atomic E-state index is -0.604. The van der Waals surface area contributed by atoms with Crippen LogP contribution in [-0.4, -0.2) is 43.2 Å². The second-order valence-corrected chi connectivity index (χ2v) is 10.8. The molecule has 2 aliphatic carbocycles. The van der Waals surface area contributed by atoms with Crippen molar-refractivity contribution in [1.82, 2.24) is 19.5 Å². The van der Waals surface area contributed by atoms with Crippen LogP contribution in [0.25, 0.3) is 11.2 Å². The van der Waals surface area contributed by atoms with E-state index in [1.807, 2.05) is 4.57 Å². The van der Waals surface area contributed by atoms with Crippen LogP contribution < -0.4 is 16.4 Å². The van der Waals surface area contributed by atoms with Gasteiger partial charge in [0.05, 0.1) is 23.0 Å². The maximum atomic E-state index is 14.8. The fourth-order valence-corrected chi connectivity index (χ4v) is 5.97. The van der Waals surface area contributed by atoms with E-state index in [0.29, 0.717) is 55.3 Å². The molecular formula is C25H30Cl2FN7O2. The van der Waals surface area contributed by atoms with E-state index in [-0.39, 0.29) is 45.6 Å². The molecule has 2 heterocycles. The van der Waals surface area contributed by atoms with Crippen molar-refractivity contribution in [2.45, 2.75) is 63.5 Å². The number of fused-ring (bicyclic) bond motifs is 1. The Morgan fingerprint density at radius 1 is 1.14 bits per heavy atom. The highest BCUT2D eigenvalue weighted by atomic mass is 35.5. The normalized spacial score (nSPS) is 24.2. The van der Waals surface area contributed by atoms with Crippen LogP contribution in [0.15, 0.2) is 18.3 Å². The summed E-state index contributed by atoms with van der Waals surface area (Å²) in [5.41, 5.74) is 6.72. The van der Waals surface area contributed by atoms with Gasteiger partial charge in [-0.25, -0.2) is 14.4 Å². The summed E-state index contributed by atoms with van der Waals surface area (Å²) in [6.45, 7) is 0.571. The van der Waals surface area contributed by atoms with E-state index in [9.17, 15) is 14.3 Å². The van der Waals surface area contributed by atoms with Gasteiger partial charge >= 0.3 is 0 Å². The number of nitrogens with zero attached hydrogens (tertiary/aromatic N) is 4. The number of aliphatic hydroxyl groups excluding tert-OH is 1. The number of hydrogen-bond donors (Lipinski definition) is 4. The summed E-state index contributed by atoms with van der Waals surface area (Å²) >= 11 is 12.2. The van der Waals surface area contributed by atoms with Gasteiger partial charge in [-0.1, -0.05) is 36.0 Å². The lowest BCUT2D eigenvalue weighted by atomic mass is 9.85. The van der Waals surface area contributed by atoms with Crippen molar-refractivity contribution in [3.63, 3.8) is 0 Å². The highest BCUT2D eigenvalue weighted by molar-refractivity contribution is 6.36. The number of rotatable bonds is 7. The van der Waals surface area contributed by atoms with Gasteiger partial charge in [0, 0.05) is 29.4 Å². The van der Waals surface area contributed by atoms with Crippen LogP contribution in [0.4, 0.5) is 22.0 Å². The molecule has 9 nitrogen and oxygen atoms in total. The maximum absolute atomic E-state index is 14.8. The third kappa shape index (κ3) is 5.61. The van der Waals surface area contributed by atoms with Gasteiger partial charge < -0.3 is 21.5 Å². The van der Waals surface area contributed by atoms with Crippen molar-refractivity contribution < 1.29 is 14.3 Å². The van der Waals surface area contributed by atoms with Crippen LogP contribution in [-0.2, 0) is 4.79 Å². The molecular weight excluding hydrogens is 520 g/mol. The molecule has 0 bridgehead atoms. The molecule has 5 rings (SSSR count). The van der Waals surface area contributed by atoms with Gasteiger partial charge in [-0.15, -0.1) is 0 Å². The topological polar surface area (TPSA) is 131 Å². The van der Waals surface area contributed by atoms with E-state index in [2.05, 4.69) is 20.6 Å². The van der Waals surface area contributed by atoms with E-state index in [1.165, 1.54) is 12.1 Å². The molecule has 2 atom stereocenters. The van der Waals surface area contributed by atoms with E-state index < -0.39 is 5.82 Å². The molecule has 1 aromatic carbocycles. The van der Waals surface area contributed by atoms with Gasteiger partial charge in [-0.3, -0.25) is 9.36 Å². The SMILES string of the molecule is NC(=O)[C@H]1CC[C@@H](n2c(Nc3c(F)cc(Cl)cc3Cl)nc3cnc(NC[C@@H]4CCCC[C@H]4O)nc32)CC1. The summed E-state index contributed by atoms with van der Waals surface area (Å²) in [5, 5.41) is 16.9. The monoisotopic (exact) mass is 549 g/mol. The summed E-state index contributed by atoms with van der Waals surface area (Å²) in [5.74, 6) is -0.114. The van der Waals surface area contributed by atoms with Gasteiger partial charge in [0.25, 0.3) is 0 Å². The zero-order valence-corrected chi connectivity index (χ0v) is 21.8. The smallest absolute Gasteiger partial charge is 0.224 e. The van der Waals surface area contributed by atoms with Crippen LogP contribution in [0.5, 0.6) is 0 Å². The van der Waals surface area contributed by atoms with Crippen molar-refractivity contribution >= 4 is 57.9 Å². The number of carbonyl (C=O) groups excluding carboxylic acids is 1. The zero-order valence-electron chi connectivity index (χ0n) is 20.3. The molecule has 0 radical (unpaired) electrons. The number of primary amides is 1. The molecule has 0 saturated heterocycles. The zero-order chi connectivity index (χ0) is 26.1. The van der Waals surface area contributed by atoms with Crippen LogP contribution in [0.1, 0.15) is 57.4 Å². The Morgan fingerprint density at radius 3 is 2.59 bits per heavy atom. The third-order valence-corrected chi connectivity index (χ3v) is 8.05.